The zero-order valence-electron chi connectivity index (χ0n) is 9.30. The molecule has 1 heterocycles. The van der Waals surface area contributed by atoms with Gasteiger partial charge in [-0.05, 0) is 24.1 Å². The molecule has 0 saturated heterocycles. The summed E-state index contributed by atoms with van der Waals surface area (Å²) in [5.74, 6) is 0. The number of aliphatic hydroxyl groups is 1. The summed E-state index contributed by atoms with van der Waals surface area (Å²) >= 11 is 0. The molecule has 2 rings (SSSR count). The first-order valence-electron chi connectivity index (χ1n) is 5.39. The van der Waals surface area contributed by atoms with Crippen molar-refractivity contribution in [1.29, 1.82) is 0 Å². The molecule has 0 fully saturated rings. The van der Waals surface area contributed by atoms with Crippen LogP contribution in [0.4, 0.5) is 0 Å². The number of aryl methyl sites for hydroxylation is 1. The molecule has 0 aliphatic carbocycles. The van der Waals surface area contributed by atoms with E-state index in [1.54, 1.807) is 12.4 Å². The van der Waals surface area contributed by atoms with E-state index >= 15 is 0 Å². The zero-order valence-corrected chi connectivity index (χ0v) is 9.30. The maximum atomic E-state index is 10.0. The molecular weight excluding hydrogens is 198 g/mol. The molecule has 0 radical (unpaired) electrons. The van der Waals surface area contributed by atoms with Gasteiger partial charge in [-0.1, -0.05) is 35.9 Å². The molecule has 2 heteroatoms. The van der Waals surface area contributed by atoms with Crippen LogP contribution in [0.5, 0.6) is 0 Å². The molecule has 1 unspecified atom stereocenters. The van der Waals surface area contributed by atoms with Crippen molar-refractivity contribution >= 4 is 0 Å². The summed E-state index contributed by atoms with van der Waals surface area (Å²) in [6.07, 6.45) is 3.58. The number of pyridine rings is 1. The minimum absolute atomic E-state index is 0.476. The molecule has 16 heavy (non-hydrogen) atoms. The molecule has 1 aromatic carbocycles. The van der Waals surface area contributed by atoms with E-state index in [0.717, 1.165) is 11.1 Å². The van der Waals surface area contributed by atoms with Crippen molar-refractivity contribution < 1.29 is 5.11 Å². The predicted molar refractivity (Wildman–Crippen MR) is 64.1 cm³/mol. The van der Waals surface area contributed by atoms with Crippen LogP contribution in [0.15, 0.2) is 48.8 Å². The fraction of sp³-hybridized carbons (Fsp3) is 0.214. The molecule has 0 aliphatic rings. The number of aromatic nitrogens is 1. The van der Waals surface area contributed by atoms with E-state index in [1.165, 1.54) is 5.56 Å². The standard InChI is InChI=1S/C14H15NO/c1-11-4-2-5-12(8-11)9-14(16)13-6-3-7-15-10-13/h2-8,10,14,16H,9H2,1H3. The summed E-state index contributed by atoms with van der Waals surface area (Å²) in [6, 6.07) is 11.9. The quantitative estimate of drug-likeness (QED) is 0.850. The van der Waals surface area contributed by atoms with Crippen LogP contribution in [-0.4, -0.2) is 10.1 Å². The van der Waals surface area contributed by atoms with E-state index in [1.807, 2.05) is 24.3 Å². The Labute approximate surface area is 95.6 Å². The van der Waals surface area contributed by atoms with Crippen LogP contribution >= 0.6 is 0 Å². The van der Waals surface area contributed by atoms with Gasteiger partial charge in [-0.3, -0.25) is 4.98 Å². The molecule has 0 spiro atoms. The van der Waals surface area contributed by atoms with Crippen LogP contribution in [-0.2, 0) is 6.42 Å². The number of hydrogen-bond donors (Lipinski definition) is 1. The van der Waals surface area contributed by atoms with Crippen LogP contribution in [0.25, 0.3) is 0 Å². The number of hydrogen-bond acceptors (Lipinski definition) is 2. The van der Waals surface area contributed by atoms with Gasteiger partial charge in [0.15, 0.2) is 0 Å². The van der Waals surface area contributed by atoms with Gasteiger partial charge in [0.1, 0.15) is 0 Å². The van der Waals surface area contributed by atoms with E-state index in [9.17, 15) is 5.11 Å². The van der Waals surface area contributed by atoms with Gasteiger partial charge in [-0.2, -0.15) is 0 Å². The number of nitrogens with zero attached hydrogens (tertiary/aromatic N) is 1. The molecular formula is C14H15NO. The van der Waals surface area contributed by atoms with Crippen molar-refractivity contribution in [1.82, 2.24) is 4.98 Å². The average Bonchev–Trinajstić information content (AvgIpc) is 2.30. The highest BCUT2D eigenvalue weighted by molar-refractivity contribution is 5.24. The van der Waals surface area contributed by atoms with E-state index in [4.69, 9.17) is 0 Å². The number of rotatable bonds is 3. The third kappa shape index (κ3) is 2.67. The summed E-state index contributed by atoms with van der Waals surface area (Å²) < 4.78 is 0. The van der Waals surface area contributed by atoms with Gasteiger partial charge in [0.2, 0.25) is 0 Å². The normalized spacial score (nSPS) is 12.4. The summed E-state index contributed by atoms with van der Waals surface area (Å²) in [6.45, 7) is 2.06. The molecule has 0 saturated carbocycles. The topological polar surface area (TPSA) is 33.1 Å². The van der Waals surface area contributed by atoms with Gasteiger partial charge in [0.05, 0.1) is 6.10 Å². The minimum Gasteiger partial charge on any atom is -0.388 e. The molecule has 1 atom stereocenters. The Kier molecular flexibility index (Phi) is 3.32. The Bertz CT molecular complexity index is 453. The highest BCUT2D eigenvalue weighted by Crippen LogP contribution is 2.17. The van der Waals surface area contributed by atoms with Gasteiger partial charge < -0.3 is 5.11 Å². The lowest BCUT2D eigenvalue weighted by atomic mass is 10.0. The molecule has 82 valence electrons. The van der Waals surface area contributed by atoms with Crippen molar-refractivity contribution in [2.45, 2.75) is 19.4 Å². The molecule has 0 aliphatic heterocycles. The van der Waals surface area contributed by atoms with Crippen LogP contribution < -0.4 is 0 Å². The second-order valence-electron chi connectivity index (χ2n) is 4.00. The smallest absolute Gasteiger partial charge is 0.0845 e. The lowest BCUT2D eigenvalue weighted by Crippen LogP contribution is -2.02. The van der Waals surface area contributed by atoms with Gasteiger partial charge in [0.25, 0.3) is 0 Å². The maximum Gasteiger partial charge on any atom is 0.0845 e. The van der Waals surface area contributed by atoms with Crippen LogP contribution in [0.1, 0.15) is 22.8 Å². The summed E-state index contributed by atoms with van der Waals surface area (Å²) in [5.41, 5.74) is 3.23. The van der Waals surface area contributed by atoms with Crippen LogP contribution in [0.2, 0.25) is 0 Å². The Morgan fingerprint density at radius 3 is 2.81 bits per heavy atom. The Morgan fingerprint density at radius 1 is 1.25 bits per heavy atom. The van der Waals surface area contributed by atoms with Crippen LogP contribution in [0.3, 0.4) is 0 Å². The highest BCUT2D eigenvalue weighted by atomic mass is 16.3. The Balaban J connectivity index is 2.11. The van der Waals surface area contributed by atoms with E-state index < -0.39 is 6.10 Å². The highest BCUT2D eigenvalue weighted by Gasteiger charge is 2.08. The number of aliphatic hydroxyl groups excluding tert-OH is 1. The fourth-order valence-corrected chi connectivity index (χ4v) is 1.75. The monoisotopic (exact) mass is 213 g/mol. The first-order chi connectivity index (χ1) is 7.75. The fourth-order valence-electron chi connectivity index (χ4n) is 1.75. The Morgan fingerprint density at radius 2 is 2.12 bits per heavy atom. The number of benzene rings is 1. The molecule has 1 aromatic heterocycles. The zero-order chi connectivity index (χ0) is 11.4. The molecule has 2 nitrogen and oxygen atoms in total. The molecule has 0 amide bonds. The maximum absolute atomic E-state index is 10.0. The lowest BCUT2D eigenvalue weighted by molar-refractivity contribution is 0.178. The first-order valence-corrected chi connectivity index (χ1v) is 5.39. The van der Waals surface area contributed by atoms with Gasteiger partial charge in [-0.15, -0.1) is 0 Å². The van der Waals surface area contributed by atoms with Crippen molar-refractivity contribution in [3.63, 3.8) is 0 Å². The summed E-state index contributed by atoms with van der Waals surface area (Å²) in [4.78, 5) is 4.00. The second-order valence-corrected chi connectivity index (χ2v) is 4.00. The summed E-state index contributed by atoms with van der Waals surface area (Å²) in [7, 11) is 0. The Hall–Kier alpha value is -1.67. The second kappa shape index (κ2) is 4.90. The third-order valence-corrected chi connectivity index (χ3v) is 2.58. The van der Waals surface area contributed by atoms with E-state index in [2.05, 4.69) is 24.0 Å². The van der Waals surface area contributed by atoms with Crippen molar-refractivity contribution in [2.24, 2.45) is 0 Å². The molecule has 1 N–H and O–H groups in total. The SMILES string of the molecule is Cc1cccc(CC(O)c2cccnc2)c1. The minimum atomic E-state index is -0.476. The summed E-state index contributed by atoms with van der Waals surface area (Å²) in [5, 5.41) is 10.0. The lowest BCUT2D eigenvalue weighted by Gasteiger charge is -2.10. The molecule has 2 aromatic rings. The van der Waals surface area contributed by atoms with Gasteiger partial charge >= 0.3 is 0 Å². The van der Waals surface area contributed by atoms with Crippen molar-refractivity contribution in [3.05, 3.63) is 65.5 Å². The first kappa shape index (κ1) is 10.8. The molecule has 0 bridgehead atoms. The van der Waals surface area contributed by atoms with Crippen molar-refractivity contribution in [3.8, 4) is 0 Å². The van der Waals surface area contributed by atoms with Gasteiger partial charge in [-0.25, -0.2) is 0 Å². The third-order valence-electron chi connectivity index (χ3n) is 2.58. The van der Waals surface area contributed by atoms with E-state index in [-0.39, 0.29) is 0 Å². The van der Waals surface area contributed by atoms with E-state index in [0.29, 0.717) is 6.42 Å². The van der Waals surface area contributed by atoms with Gasteiger partial charge in [0, 0.05) is 18.8 Å². The van der Waals surface area contributed by atoms with Crippen molar-refractivity contribution in [2.75, 3.05) is 0 Å². The average molecular weight is 213 g/mol. The predicted octanol–water partition coefficient (Wildman–Crippen LogP) is 2.67. The van der Waals surface area contributed by atoms with Crippen LogP contribution in [0, 0.1) is 6.92 Å². The largest absolute Gasteiger partial charge is 0.388 e.